The maximum atomic E-state index is 12.8. The van der Waals surface area contributed by atoms with Crippen molar-refractivity contribution in [1.82, 2.24) is 0 Å². The Labute approximate surface area is 131 Å². The van der Waals surface area contributed by atoms with Gasteiger partial charge >= 0.3 is 5.97 Å². The highest BCUT2D eigenvalue weighted by atomic mass is 16.4. The van der Waals surface area contributed by atoms with Crippen LogP contribution >= 0.6 is 0 Å². The van der Waals surface area contributed by atoms with Gasteiger partial charge in [-0.25, -0.2) is 0 Å². The van der Waals surface area contributed by atoms with Crippen molar-refractivity contribution in [3.05, 3.63) is 30.3 Å². The van der Waals surface area contributed by atoms with E-state index in [9.17, 15) is 14.7 Å². The van der Waals surface area contributed by atoms with E-state index in [-0.39, 0.29) is 12.3 Å². The van der Waals surface area contributed by atoms with Crippen molar-refractivity contribution in [3.63, 3.8) is 0 Å². The predicted molar refractivity (Wildman–Crippen MR) is 84.7 cm³/mol. The highest BCUT2D eigenvalue weighted by Gasteiger charge is 2.46. The Morgan fingerprint density at radius 3 is 2.27 bits per heavy atom. The molecule has 1 aromatic carbocycles. The summed E-state index contributed by atoms with van der Waals surface area (Å²) in [4.78, 5) is 26.1. The summed E-state index contributed by atoms with van der Waals surface area (Å²) >= 11 is 0. The molecule has 118 valence electrons. The Kier molecular flexibility index (Phi) is 4.19. The molecule has 0 bridgehead atoms. The molecule has 4 heteroatoms. The molecule has 0 spiro atoms. The number of para-hydroxylation sites is 1. The summed E-state index contributed by atoms with van der Waals surface area (Å²) in [6.45, 7) is 0.721. The lowest BCUT2D eigenvalue weighted by Crippen LogP contribution is -2.45. The number of hydrogen-bond acceptors (Lipinski definition) is 2. The number of nitrogens with zero attached hydrogens (tertiary/aromatic N) is 1. The number of amides is 1. The van der Waals surface area contributed by atoms with Crippen molar-refractivity contribution >= 4 is 17.6 Å². The van der Waals surface area contributed by atoms with Crippen molar-refractivity contribution in [2.75, 3.05) is 11.4 Å². The van der Waals surface area contributed by atoms with Crippen LogP contribution in [0.25, 0.3) is 0 Å². The zero-order chi connectivity index (χ0) is 15.6. The van der Waals surface area contributed by atoms with Gasteiger partial charge in [0.25, 0.3) is 0 Å². The molecule has 0 atom stereocenters. The van der Waals surface area contributed by atoms with Crippen molar-refractivity contribution in [3.8, 4) is 0 Å². The van der Waals surface area contributed by atoms with Gasteiger partial charge in [0.2, 0.25) is 5.91 Å². The second-order valence-corrected chi connectivity index (χ2v) is 6.75. The fourth-order valence-corrected chi connectivity index (χ4v) is 3.35. The molecule has 0 unspecified atom stereocenters. The molecular formula is C18H23NO3. The number of anilines is 1. The summed E-state index contributed by atoms with van der Waals surface area (Å²) in [6.07, 6.45) is 5.86. The minimum absolute atomic E-state index is 0.0415. The number of carboxylic acids is 1. The van der Waals surface area contributed by atoms with Crippen molar-refractivity contribution < 1.29 is 14.7 Å². The van der Waals surface area contributed by atoms with Gasteiger partial charge in [-0.3, -0.25) is 9.59 Å². The highest BCUT2D eigenvalue weighted by Crippen LogP contribution is 2.45. The van der Waals surface area contributed by atoms with E-state index in [1.807, 2.05) is 35.2 Å². The largest absolute Gasteiger partial charge is 0.481 e. The van der Waals surface area contributed by atoms with Crippen LogP contribution in [0.2, 0.25) is 0 Å². The lowest BCUT2D eigenvalue weighted by molar-refractivity contribution is -0.157. The Hall–Kier alpha value is -1.84. The van der Waals surface area contributed by atoms with Crippen molar-refractivity contribution in [2.45, 2.75) is 44.9 Å². The van der Waals surface area contributed by atoms with Gasteiger partial charge in [-0.1, -0.05) is 31.0 Å². The Morgan fingerprint density at radius 2 is 1.82 bits per heavy atom. The van der Waals surface area contributed by atoms with Crippen LogP contribution < -0.4 is 4.90 Å². The Morgan fingerprint density at radius 1 is 1.14 bits per heavy atom. The lowest BCUT2D eigenvalue weighted by atomic mass is 9.66. The quantitative estimate of drug-likeness (QED) is 0.875. The number of carbonyl (C=O) groups is 2. The fraction of sp³-hybridized carbons (Fsp3) is 0.556. The smallest absolute Gasteiger partial charge is 0.310 e. The molecular weight excluding hydrogens is 278 g/mol. The van der Waals surface area contributed by atoms with Crippen LogP contribution in [-0.2, 0) is 9.59 Å². The SMILES string of the molecule is O=C(CC1(C(=O)O)CCC1)N(CC1CCC1)c1ccccc1. The molecule has 1 N–H and O–H groups in total. The molecule has 4 nitrogen and oxygen atoms in total. The molecule has 2 aliphatic carbocycles. The van der Waals surface area contributed by atoms with E-state index in [2.05, 4.69) is 0 Å². The zero-order valence-corrected chi connectivity index (χ0v) is 12.8. The predicted octanol–water partition coefficient (Wildman–Crippen LogP) is 3.46. The Bertz CT molecular complexity index is 547. The van der Waals surface area contributed by atoms with Gasteiger partial charge < -0.3 is 10.0 Å². The van der Waals surface area contributed by atoms with Gasteiger partial charge in [-0.05, 0) is 43.7 Å². The maximum absolute atomic E-state index is 12.8. The molecule has 2 aliphatic rings. The summed E-state index contributed by atoms with van der Waals surface area (Å²) in [5, 5.41) is 9.45. The molecule has 0 radical (unpaired) electrons. The van der Waals surface area contributed by atoms with E-state index in [0.717, 1.165) is 18.7 Å². The monoisotopic (exact) mass is 301 g/mol. The van der Waals surface area contributed by atoms with E-state index in [1.54, 1.807) is 0 Å². The third kappa shape index (κ3) is 2.87. The summed E-state index contributed by atoms with van der Waals surface area (Å²) in [7, 11) is 0. The van der Waals surface area contributed by atoms with Gasteiger partial charge in [-0.15, -0.1) is 0 Å². The van der Waals surface area contributed by atoms with Gasteiger partial charge in [0.1, 0.15) is 0 Å². The van der Waals surface area contributed by atoms with Crippen molar-refractivity contribution in [2.24, 2.45) is 11.3 Å². The van der Waals surface area contributed by atoms with E-state index in [0.29, 0.717) is 18.8 Å². The van der Waals surface area contributed by atoms with Crippen LogP contribution in [-0.4, -0.2) is 23.5 Å². The molecule has 0 aliphatic heterocycles. The molecule has 1 aromatic rings. The zero-order valence-electron chi connectivity index (χ0n) is 12.8. The summed E-state index contributed by atoms with van der Waals surface area (Å²) in [5.74, 6) is -0.296. The van der Waals surface area contributed by atoms with E-state index in [1.165, 1.54) is 19.3 Å². The fourth-order valence-electron chi connectivity index (χ4n) is 3.35. The average molecular weight is 301 g/mol. The number of hydrogen-bond donors (Lipinski definition) is 1. The van der Waals surface area contributed by atoms with Crippen LogP contribution in [0.4, 0.5) is 5.69 Å². The normalized spacial score (nSPS) is 19.8. The topological polar surface area (TPSA) is 57.6 Å². The first-order chi connectivity index (χ1) is 10.6. The number of carboxylic acid groups (broad SMARTS) is 1. The lowest BCUT2D eigenvalue weighted by Gasteiger charge is -2.39. The number of aliphatic carboxylic acids is 1. The molecule has 0 saturated heterocycles. The van der Waals surface area contributed by atoms with Gasteiger partial charge in [0, 0.05) is 18.7 Å². The second kappa shape index (κ2) is 6.11. The highest BCUT2D eigenvalue weighted by molar-refractivity contribution is 5.96. The van der Waals surface area contributed by atoms with Crippen LogP contribution in [0.15, 0.2) is 30.3 Å². The molecule has 2 saturated carbocycles. The first-order valence-electron chi connectivity index (χ1n) is 8.19. The van der Waals surface area contributed by atoms with E-state index >= 15 is 0 Å². The van der Waals surface area contributed by atoms with E-state index < -0.39 is 11.4 Å². The first-order valence-corrected chi connectivity index (χ1v) is 8.19. The maximum Gasteiger partial charge on any atom is 0.310 e. The van der Waals surface area contributed by atoms with Gasteiger partial charge in [-0.2, -0.15) is 0 Å². The Balaban J connectivity index is 1.76. The standard InChI is InChI=1S/C18H23NO3/c20-16(12-18(17(21)22)10-5-11-18)19(13-14-6-4-7-14)15-8-2-1-3-9-15/h1-3,8-9,14H,4-7,10-13H2,(H,21,22). The summed E-state index contributed by atoms with van der Waals surface area (Å²) in [5.41, 5.74) is 0.0725. The summed E-state index contributed by atoms with van der Waals surface area (Å²) in [6, 6.07) is 9.65. The van der Waals surface area contributed by atoms with Gasteiger partial charge in [0.15, 0.2) is 0 Å². The number of carbonyl (C=O) groups excluding carboxylic acids is 1. The third-order valence-electron chi connectivity index (χ3n) is 5.29. The van der Waals surface area contributed by atoms with Crippen LogP contribution in [0.1, 0.15) is 44.9 Å². The number of rotatable bonds is 6. The molecule has 0 heterocycles. The van der Waals surface area contributed by atoms with Gasteiger partial charge in [0.05, 0.1) is 5.41 Å². The summed E-state index contributed by atoms with van der Waals surface area (Å²) < 4.78 is 0. The second-order valence-electron chi connectivity index (χ2n) is 6.75. The first kappa shape index (κ1) is 15.1. The average Bonchev–Trinajstić information content (AvgIpc) is 2.42. The molecule has 3 rings (SSSR count). The molecule has 0 aromatic heterocycles. The van der Waals surface area contributed by atoms with Crippen molar-refractivity contribution in [1.29, 1.82) is 0 Å². The van der Waals surface area contributed by atoms with Crippen LogP contribution in [0.3, 0.4) is 0 Å². The molecule has 1 amide bonds. The molecule has 2 fully saturated rings. The third-order valence-corrected chi connectivity index (χ3v) is 5.29. The van der Waals surface area contributed by atoms with E-state index in [4.69, 9.17) is 0 Å². The minimum Gasteiger partial charge on any atom is -0.481 e. The van der Waals surface area contributed by atoms with Crippen LogP contribution in [0.5, 0.6) is 0 Å². The van der Waals surface area contributed by atoms with Crippen LogP contribution in [0, 0.1) is 11.3 Å². The molecule has 22 heavy (non-hydrogen) atoms. The number of benzene rings is 1. The minimum atomic E-state index is -0.816.